The molecule has 1 aromatic rings. The number of hydrogen-bond acceptors (Lipinski definition) is 3. The minimum Gasteiger partial charge on any atom is -0.497 e. The van der Waals surface area contributed by atoms with Crippen LogP contribution in [-0.2, 0) is 6.54 Å². The zero-order valence-electron chi connectivity index (χ0n) is 12.5. The molecule has 0 fully saturated rings. The summed E-state index contributed by atoms with van der Waals surface area (Å²) in [7, 11) is 1.68. The zero-order valence-corrected chi connectivity index (χ0v) is 12.5. The summed E-state index contributed by atoms with van der Waals surface area (Å²) in [5.41, 5.74) is 2.20. The van der Waals surface area contributed by atoms with Gasteiger partial charge >= 0.3 is 0 Å². The van der Waals surface area contributed by atoms with Crippen LogP contribution in [0.5, 0.6) is 11.5 Å². The number of hydrogen-bond donors (Lipinski definition) is 1. The molecule has 0 saturated carbocycles. The molecule has 0 aliphatic heterocycles. The second-order valence-corrected chi connectivity index (χ2v) is 4.90. The quantitative estimate of drug-likeness (QED) is 0.728. The van der Waals surface area contributed by atoms with Gasteiger partial charge in [0.2, 0.25) is 0 Å². The van der Waals surface area contributed by atoms with E-state index in [1.807, 2.05) is 18.2 Å². The van der Waals surface area contributed by atoms with Crippen LogP contribution in [0.3, 0.4) is 0 Å². The van der Waals surface area contributed by atoms with E-state index in [4.69, 9.17) is 9.47 Å². The summed E-state index contributed by atoms with van der Waals surface area (Å²) in [4.78, 5) is 0. The van der Waals surface area contributed by atoms with E-state index in [0.29, 0.717) is 12.6 Å². The summed E-state index contributed by atoms with van der Waals surface area (Å²) in [6.07, 6.45) is 0.940. The number of methoxy groups -OCH3 is 1. The van der Waals surface area contributed by atoms with Crippen molar-refractivity contribution >= 4 is 0 Å². The third kappa shape index (κ3) is 5.35. The molecule has 0 unspecified atom stereocenters. The molecule has 1 N–H and O–H groups in total. The largest absolute Gasteiger partial charge is 0.497 e. The van der Waals surface area contributed by atoms with Crippen LogP contribution in [0.4, 0.5) is 0 Å². The van der Waals surface area contributed by atoms with Gasteiger partial charge in [-0.1, -0.05) is 27.4 Å². The number of nitrogens with one attached hydrogen (secondary N) is 1. The van der Waals surface area contributed by atoms with E-state index in [2.05, 4.69) is 32.7 Å². The Balaban J connectivity index is 2.79. The fourth-order valence-electron chi connectivity index (χ4n) is 1.56. The van der Waals surface area contributed by atoms with Gasteiger partial charge in [0.15, 0.2) is 0 Å². The van der Waals surface area contributed by atoms with Gasteiger partial charge in [-0.25, -0.2) is 0 Å². The topological polar surface area (TPSA) is 30.5 Å². The fraction of sp³-hybridized carbons (Fsp3) is 0.500. The van der Waals surface area contributed by atoms with Gasteiger partial charge in [0.05, 0.1) is 7.11 Å². The highest BCUT2D eigenvalue weighted by Crippen LogP contribution is 2.24. The molecule has 0 aliphatic rings. The van der Waals surface area contributed by atoms with Crippen LogP contribution in [0.2, 0.25) is 0 Å². The third-order valence-electron chi connectivity index (χ3n) is 2.90. The van der Waals surface area contributed by atoms with Crippen molar-refractivity contribution in [3.63, 3.8) is 0 Å². The molecule has 1 aromatic carbocycles. The van der Waals surface area contributed by atoms with E-state index in [1.54, 1.807) is 7.11 Å². The fourth-order valence-corrected chi connectivity index (χ4v) is 1.56. The van der Waals surface area contributed by atoms with Gasteiger partial charge in [0.25, 0.3) is 0 Å². The van der Waals surface area contributed by atoms with E-state index in [0.717, 1.165) is 35.6 Å². The molecule has 19 heavy (non-hydrogen) atoms. The van der Waals surface area contributed by atoms with Crippen LogP contribution in [0, 0.1) is 0 Å². The minimum absolute atomic E-state index is 0.435. The van der Waals surface area contributed by atoms with Crippen LogP contribution in [-0.4, -0.2) is 19.8 Å². The first kappa shape index (κ1) is 15.6. The van der Waals surface area contributed by atoms with Crippen LogP contribution >= 0.6 is 0 Å². The maximum atomic E-state index is 5.83. The molecule has 0 aliphatic carbocycles. The summed E-state index contributed by atoms with van der Waals surface area (Å²) in [5.74, 6) is 1.74. The van der Waals surface area contributed by atoms with Gasteiger partial charge in [-0.05, 0) is 30.2 Å². The molecule has 0 bridgehead atoms. The molecule has 3 nitrogen and oxygen atoms in total. The van der Waals surface area contributed by atoms with Crippen LogP contribution in [0.15, 0.2) is 30.4 Å². The summed E-state index contributed by atoms with van der Waals surface area (Å²) in [5, 5.41) is 3.40. The first-order chi connectivity index (χ1) is 9.06. The molecule has 3 heteroatoms. The molecule has 1 rings (SSSR count). The van der Waals surface area contributed by atoms with Crippen molar-refractivity contribution < 1.29 is 9.47 Å². The van der Waals surface area contributed by atoms with E-state index in [-0.39, 0.29) is 0 Å². The molecule has 106 valence electrons. The Morgan fingerprint density at radius 2 is 2.11 bits per heavy atom. The lowest BCUT2D eigenvalue weighted by atomic mass is 10.1. The standard InChI is InChI=1S/C16H25NO2/c1-6-13(4)11-19-16-8-7-15(18-5)9-14(16)10-17-12(2)3/h7-9,12,17H,4,6,10-11H2,1-3,5H3. The average Bonchev–Trinajstić information content (AvgIpc) is 2.42. The maximum Gasteiger partial charge on any atom is 0.124 e. The van der Waals surface area contributed by atoms with Crippen molar-refractivity contribution in [3.05, 3.63) is 35.9 Å². The lowest BCUT2D eigenvalue weighted by Crippen LogP contribution is -2.22. The lowest BCUT2D eigenvalue weighted by Gasteiger charge is -2.15. The van der Waals surface area contributed by atoms with Gasteiger partial charge in [-0.15, -0.1) is 0 Å². The number of benzene rings is 1. The van der Waals surface area contributed by atoms with Crippen molar-refractivity contribution in [3.8, 4) is 11.5 Å². The monoisotopic (exact) mass is 263 g/mol. The van der Waals surface area contributed by atoms with Crippen molar-refractivity contribution in [2.45, 2.75) is 39.8 Å². The molecule has 0 radical (unpaired) electrons. The molecule has 0 heterocycles. The summed E-state index contributed by atoms with van der Waals surface area (Å²) in [6, 6.07) is 6.33. The number of rotatable bonds is 8. The third-order valence-corrected chi connectivity index (χ3v) is 2.90. The van der Waals surface area contributed by atoms with E-state index in [1.165, 1.54) is 0 Å². The highest BCUT2D eigenvalue weighted by Gasteiger charge is 2.07. The normalized spacial score (nSPS) is 10.6. The Morgan fingerprint density at radius 1 is 1.37 bits per heavy atom. The molecular weight excluding hydrogens is 238 g/mol. The minimum atomic E-state index is 0.435. The number of ether oxygens (including phenoxy) is 2. The van der Waals surface area contributed by atoms with E-state index >= 15 is 0 Å². The average molecular weight is 263 g/mol. The predicted molar refractivity (Wildman–Crippen MR) is 79.9 cm³/mol. The first-order valence-electron chi connectivity index (χ1n) is 6.76. The first-order valence-corrected chi connectivity index (χ1v) is 6.76. The second-order valence-electron chi connectivity index (χ2n) is 4.90. The SMILES string of the molecule is C=C(CC)COc1ccc(OC)cc1CNC(C)C. The van der Waals surface area contributed by atoms with Crippen LogP contribution in [0.1, 0.15) is 32.8 Å². The second kappa shape index (κ2) is 7.85. The van der Waals surface area contributed by atoms with Crippen molar-refractivity contribution in [2.75, 3.05) is 13.7 Å². The Bertz CT molecular complexity index is 413. The van der Waals surface area contributed by atoms with Gasteiger partial charge in [-0.3, -0.25) is 0 Å². The Kier molecular flexibility index (Phi) is 6.43. The van der Waals surface area contributed by atoms with Gasteiger partial charge < -0.3 is 14.8 Å². The Morgan fingerprint density at radius 3 is 2.68 bits per heavy atom. The van der Waals surface area contributed by atoms with Gasteiger partial charge in [0, 0.05) is 18.2 Å². The maximum absolute atomic E-state index is 5.83. The molecule has 0 aromatic heterocycles. The van der Waals surface area contributed by atoms with Crippen molar-refractivity contribution in [2.24, 2.45) is 0 Å². The Labute approximate surface area is 116 Å². The predicted octanol–water partition coefficient (Wildman–Crippen LogP) is 3.54. The lowest BCUT2D eigenvalue weighted by molar-refractivity contribution is 0.342. The molecule has 0 spiro atoms. The molecular formula is C16H25NO2. The zero-order chi connectivity index (χ0) is 14.3. The summed E-state index contributed by atoms with van der Waals surface area (Å²) < 4.78 is 11.1. The molecule has 0 atom stereocenters. The highest BCUT2D eigenvalue weighted by molar-refractivity contribution is 5.40. The highest BCUT2D eigenvalue weighted by atomic mass is 16.5. The van der Waals surface area contributed by atoms with E-state index < -0.39 is 0 Å². The van der Waals surface area contributed by atoms with Gasteiger partial charge in [0.1, 0.15) is 18.1 Å². The van der Waals surface area contributed by atoms with Crippen LogP contribution < -0.4 is 14.8 Å². The van der Waals surface area contributed by atoms with E-state index in [9.17, 15) is 0 Å². The van der Waals surface area contributed by atoms with Crippen molar-refractivity contribution in [1.29, 1.82) is 0 Å². The van der Waals surface area contributed by atoms with Crippen molar-refractivity contribution in [1.82, 2.24) is 5.32 Å². The van der Waals surface area contributed by atoms with Crippen LogP contribution in [0.25, 0.3) is 0 Å². The summed E-state index contributed by atoms with van der Waals surface area (Å²) in [6.45, 7) is 11.6. The molecule has 0 amide bonds. The molecule has 0 saturated heterocycles. The van der Waals surface area contributed by atoms with Gasteiger partial charge in [-0.2, -0.15) is 0 Å². The summed E-state index contributed by atoms with van der Waals surface area (Å²) >= 11 is 0. The smallest absolute Gasteiger partial charge is 0.124 e. The Hall–Kier alpha value is -1.48.